The van der Waals surface area contributed by atoms with Crippen LogP contribution in [0.25, 0.3) is 0 Å². The van der Waals surface area contributed by atoms with Crippen LogP contribution in [0.3, 0.4) is 0 Å². The zero-order valence-corrected chi connectivity index (χ0v) is 8.42. The van der Waals surface area contributed by atoms with E-state index in [0.29, 0.717) is 6.04 Å². The Balaban J connectivity index is 1.80. The van der Waals surface area contributed by atoms with Gasteiger partial charge in [-0.3, -0.25) is 0 Å². The number of rotatable bonds is 2. The van der Waals surface area contributed by atoms with Crippen LogP contribution < -0.4 is 5.32 Å². The van der Waals surface area contributed by atoms with Crippen molar-refractivity contribution in [1.82, 2.24) is 5.32 Å². The minimum absolute atomic E-state index is 0.604. The molecule has 0 spiro atoms. The third kappa shape index (κ3) is 2.44. The van der Waals surface area contributed by atoms with Crippen LogP contribution in [0, 0.1) is 0 Å². The van der Waals surface area contributed by atoms with Gasteiger partial charge < -0.3 is 5.32 Å². The molecule has 0 saturated heterocycles. The van der Waals surface area contributed by atoms with E-state index in [9.17, 15) is 0 Å². The number of nitrogens with one attached hydrogen (secondary N) is 1. The molecule has 1 saturated carbocycles. The summed E-state index contributed by atoms with van der Waals surface area (Å²) >= 11 is 0. The van der Waals surface area contributed by atoms with E-state index in [-0.39, 0.29) is 0 Å². The van der Waals surface area contributed by atoms with Crippen molar-refractivity contribution in [2.24, 2.45) is 0 Å². The Morgan fingerprint density at radius 1 is 1.31 bits per heavy atom. The minimum Gasteiger partial charge on any atom is -0.307 e. The first-order valence-electron chi connectivity index (χ1n) is 5.45. The van der Waals surface area contributed by atoms with Crippen LogP contribution in [-0.4, -0.2) is 12.1 Å². The lowest BCUT2D eigenvalue weighted by atomic mass is 10.0. The largest absolute Gasteiger partial charge is 0.307 e. The third-order valence-electron chi connectivity index (χ3n) is 3.09. The molecule has 0 heterocycles. The smallest absolute Gasteiger partial charge is 0.0290 e. The second kappa shape index (κ2) is 4.10. The molecule has 0 amide bonds. The van der Waals surface area contributed by atoms with Crippen molar-refractivity contribution in [1.29, 1.82) is 0 Å². The number of allylic oxidation sites excluding steroid dienone is 2. The molecular formula is C12H19N. The second-order valence-corrected chi connectivity index (χ2v) is 4.30. The third-order valence-corrected chi connectivity index (χ3v) is 3.09. The van der Waals surface area contributed by atoms with Crippen molar-refractivity contribution in [3.8, 4) is 0 Å². The van der Waals surface area contributed by atoms with Gasteiger partial charge in [-0.25, -0.2) is 0 Å². The molecule has 1 heteroatoms. The highest BCUT2D eigenvalue weighted by molar-refractivity contribution is 5.23. The molecule has 2 aliphatic carbocycles. The van der Waals surface area contributed by atoms with Gasteiger partial charge in [0, 0.05) is 12.1 Å². The molecule has 0 aromatic carbocycles. The Bertz CT molecular complexity index is 221. The lowest BCUT2D eigenvalue weighted by Crippen LogP contribution is -2.35. The van der Waals surface area contributed by atoms with Gasteiger partial charge in [0.25, 0.3) is 0 Å². The highest BCUT2D eigenvalue weighted by Gasteiger charge is 2.17. The standard InChI is InChI=1S/C12H19N/c1-10-6-8-12(9-7-10)13-11-4-2-3-5-11/h6-8,11-13H,2-5,9H2,1H3/t12-/m1/s1. The minimum atomic E-state index is 0.604. The maximum Gasteiger partial charge on any atom is 0.0290 e. The summed E-state index contributed by atoms with van der Waals surface area (Å²) in [7, 11) is 0. The van der Waals surface area contributed by atoms with Crippen LogP contribution in [0.15, 0.2) is 23.8 Å². The van der Waals surface area contributed by atoms with E-state index in [1.165, 1.54) is 37.7 Å². The summed E-state index contributed by atoms with van der Waals surface area (Å²) in [5.74, 6) is 0. The molecule has 72 valence electrons. The Kier molecular flexibility index (Phi) is 2.84. The fourth-order valence-electron chi connectivity index (χ4n) is 2.25. The first kappa shape index (κ1) is 9.01. The molecular weight excluding hydrogens is 158 g/mol. The van der Waals surface area contributed by atoms with Crippen molar-refractivity contribution < 1.29 is 0 Å². The maximum absolute atomic E-state index is 3.71. The van der Waals surface area contributed by atoms with Gasteiger partial charge >= 0.3 is 0 Å². The van der Waals surface area contributed by atoms with Crippen LogP contribution >= 0.6 is 0 Å². The highest BCUT2D eigenvalue weighted by atomic mass is 14.9. The van der Waals surface area contributed by atoms with E-state index in [1.54, 1.807) is 0 Å². The van der Waals surface area contributed by atoms with E-state index in [4.69, 9.17) is 0 Å². The van der Waals surface area contributed by atoms with Gasteiger partial charge in [-0.1, -0.05) is 36.6 Å². The van der Waals surface area contributed by atoms with Crippen molar-refractivity contribution in [2.45, 2.75) is 51.1 Å². The summed E-state index contributed by atoms with van der Waals surface area (Å²) < 4.78 is 0. The second-order valence-electron chi connectivity index (χ2n) is 4.30. The van der Waals surface area contributed by atoms with Gasteiger partial charge in [0.2, 0.25) is 0 Å². The molecule has 0 aromatic rings. The molecule has 2 rings (SSSR count). The Morgan fingerprint density at radius 2 is 2.08 bits per heavy atom. The molecule has 1 atom stereocenters. The van der Waals surface area contributed by atoms with Gasteiger partial charge in [0.15, 0.2) is 0 Å². The average Bonchev–Trinajstić information content (AvgIpc) is 2.62. The van der Waals surface area contributed by atoms with E-state index < -0.39 is 0 Å². The molecule has 0 unspecified atom stereocenters. The van der Waals surface area contributed by atoms with Crippen LogP contribution in [0.1, 0.15) is 39.0 Å². The topological polar surface area (TPSA) is 12.0 Å². The van der Waals surface area contributed by atoms with Crippen molar-refractivity contribution in [2.75, 3.05) is 0 Å². The quantitative estimate of drug-likeness (QED) is 0.684. The van der Waals surface area contributed by atoms with E-state index >= 15 is 0 Å². The molecule has 0 radical (unpaired) electrons. The van der Waals surface area contributed by atoms with Crippen LogP contribution in [-0.2, 0) is 0 Å². The first-order valence-corrected chi connectivity index (χ1v) is 5.45. The Hall–Kier alpha value is -0.560. The highest BCUT2D eigenvalue weighted by Crippen LogP contribution is 2.20. The van der Waals surface area contributed by atoms with Crippen LogP contribution in [0.5, 0.6) is 0 Å². The zero-order valence-electron chi connectivity index (χ0n) is 8.42. The van der Waals surface area contributed by atoms with E-state index in [1.807, 2.05) is 0 Å². The molecule has 0 aliphatic heterocycles. The summed E-state index contributed by atoms with van der Waals surface area (Å²) in [4.78, 5) is 0. The van der Waals surface area contributed by atoms with Gasteiger partial charge in [-0.2, -0.15) is 0 Å². The lowest BCUT2D eigenvalue weighted by Gasteiger charge is -2.21. The van der Waals surface area contributed by atoms with Crippen LogP contribution in [0.4, 0.5) is 0 Å². The lowest BCUT2D eigenvalue weighted by molar-refractivity contribution is 0.476. The Morgan fingerprint density at radius 3 is 2.69 bits per heavy atom. The molecule has 0 bridgehead atoms. The average molecular weight is 177 g/mol. The molecule has 13 heavy (non-hydrogen) atoms. The van der Waals surface area contributed by atoms with Crippen molar-refractivity contribution in [3.63, 3.8) is 0 Å². The van der Waals surface area contributed by atoms with E-state index in [0.717, 1.165) is 6.04 Å². The molecule has 2 aliphatic rings. The van der Waals surface area contributed by atoms with Gasteiger partial charge in [0.05, 0.1) is 0 Å². The molecule has 1 nitrogen and oxygen atoms in total. The molecule has 0 aromatic heterocycles. The van der Waals surface area contributed by atoms with Gasteiger partial charge in [-0.15, -0.1) is 0 Å². The maximum atomic E-state index is 3.71. The molecule has 1 N–H and O–H groups in total. The first-order chi connectivity index (χ1) is 6.34. The summed E-state index contributed by atoms with van der Waals surface area (Å²) in [5.41, 5.74) is 1.41. The van der Waals surface area contributed by atoms with Crippen LogP contribution in [0.2, 0.25) is 0 Å². The predicted octanol–water partition coefficient (Wildman–Crippen LogP) is 2.79. The monoisotopic (exact) mass is 177 g/mol. The summed E-state index contributed by atoms with van der Waals surface area (Å²) in [6, 6.07) is 1.40. The zero-order chi connectivity index (χ0) is 9.10. The van der Waals surface area contributed by atoms with Crippen molar-refractivity contribution in [3.05, 3.63) is 23.8 Å². The van der Waals surface area contributed by atoms with Gasteiger partial charge in [0.1, 0.15) is 0 Å². The number of hydrogen-bond acceptors (Lipinski definition) is 1. The SMILES string of the molecule is CC1=CC[C@H](NC2CCCC2)C=C1. The fraction of sp³-hybridized carbons (Fsp3) is 0.667. The normalized spacial score (nSPS) is 29.3. The predicted molar refractivity (Wildman–Crippen MR) is 56.7 cm³/mol. The summed E-state index contributed by atoms with van der Waals surface area (Å²) in [6.07, 6.45) is 13.7. The fourth-order valence-corrected chi connectivity index (χ4v) is 2.25. The summed E-state index contributed by atoms with van der Waals surface area (Å²) in [6.45, 7) is 2.17. The Labute approximate surface area is 80.9 Å². The van der Waals surface area contributed by atoms with E-state index in [2.05, 4.69) is 30.5 Å². The molecule has 1 fully saturated rings. The van der Waals surface area contributed by atoms with Crippen molar-refractivity contribution >= 4 is 0 Å². The van der Waals surface area contributed by atoms with Gasteiger partial charge in [-0.05, 0) is 26.2 Å². The summed E-state index contributed by atoms with van der Waals surface area (Å²) in [5, 5.41) is 3.71. The number of hydrogen-bond donors (Lipinski definition) is 1.